The van der Waals surface area contributed by atoms with Crippen molar-refractivity contribution in [1.82, 2.24) is 29.9 Å². The molecule has 7 nitrogen and oxygen atoms in total. The molecule has 31 heavy (non-hydrogen) atoms. The highest BCUT2D eigenvalue weighted by molar-refractivity contribution is 6.89. The molecule has 0 spiro atoms. The number of hydrogen-bond donors (Lipinski definition) is 1. The molecule has 160 valence electrons. The van der Waals surface area contributed by atoms with E-state index in [4.69, 9.17) is 4.74 Å². The molecular weight excluding hydrogens is 404 g/mol. The van der Waals surface area contributed by atoms with Crippen molar-refractivity contribution in [1.29, 1.82) is 0 Å². The van der Waals surface area contributed by atoms with Crippen molar-refractivity contribution in [2.45, 2.75) is 39.5 Å². The summed E-state index contributed by atoms with van der Waals surface area (Å²) in [6.45, 7) is 10.3. The summed E-state index contributed by atoms with van der Waals surface area (Å²) < 4.78 is 7.83. The summed E-state index contributed by atoms with van der Waals surface area (Å²) in [6, 6.07) is 12.2. The van der Waals surface area contributed by atoms with Crippen LogP contribution in [0.25, 0.3) is 22.6 Å². The van der Waals surface area contributed by atoms with Crippen LogP contribution in [0.3, 0.4) is 0 Å². The van der Waals surface area contributed by atoms with E-state index in [1.807, 2.05) is 56.0 Å². The smallest absolute Gasteiger partial charge is 0.122 e. The molecule has 0 fully saturated rings. The molecule has 0 aliphatic heterocycles. The van der Waals surface area contributed by atoms with E-state index in [1.165, 1.54) is 5.56 Å². The van der Waals surface area contributed by atoms with E-state index in [0.717, 1.165) is 46.7 Å². The number of rotatable bonds is 8. The Bertz CT molecular complexity index is 1160. The van der Waals surface area contributed by atoms with E-state index in [0.29, 0.717) is 6.61 Å². The molecule has 3 heterocycles. The standard InChI is InChI=1S/C23H28N6OSi/c1-5-30-21-9-7-6-8-17(21)11-13-29-15-20(25-16-29)19-14-18(10-12-24-19)22-23(27-28-26-22)31(2,3)4/h6-10,12,14-16H,5,11,13H2,1-4H3,(H,26,27,28). The van der Waals surface area contributed by atoms with Gasteiger partial charge in [-0.25, -0.2) is 4.98 Å². The third-order valence-corrected chi connectivity index (χ3v) is 6.87. The van der Waals surface area contributed by atoms with Crippen LogP contribution < -0.4 is 10.1 Å². The number of ether oxygens (including phenoxy) is 1. The van der Waals surface area contributed by atoms with Crippen molar-refractivity contribution in [3.63, 3.8) is 0 Å². The molecule has 0 saturated heterocycles. The van der Waals surface area contributed by atoms with Gasteiger partial charge in [-0.3, -0.25) is 4.98 Å². The Hall–Kier alpha value is -3.26. The molecule has 0 atom stereocenters. The van der Waals surface area contributed by atoms with Gasteiger partial charge in [0.1, 0.15) is 25.2 Å². The number of para-hydroxylation sites is 1. The Morgan fingerprint density at radius 3 is 2.68 bits per heavy atom. The summed E-state index contributed by atoms with van der Waals surface area (Å²) >= 11 is 0. The van der Waals surface area contributed by atoms with Gasteiger partial charge in [0.2, 0.25) is 0 Å². The van der Waals surface area contributed by atoms with Gasteiger partial charge in [-0.15, -0.1) is 0 Å². The number of nitrogens with zero attached hydrogens (tertiary/aromatic N) is 5. The Morgan fingerprint density at radius 1 is 1.03 bits per heavy atom. The van der Waals surface area contributed by atoms with E-state index in [-0.39, 0.29) is 0 Å². The van der Waals surface area contributed by atoms with Crippen LogP contribution in [0.1, 0.15) is 12.5 Å². The van der Waals surface area contributed by atoms with Crippen LogP contribution >= 0.6 is 0 Å². The summed E-state index contributed by atoms with van der Waals surface area (Å²) in [6.07, 6.45) is 6.58. The molecule has 1 aromatic carbocycles. The fraction of sp³-hybridized carbons (Fsp3) is 0.304. The molecule has 0 aliphatic carbocycles. The third-order valence-electron chi connectivity index (χ3n) is 5.10. The molecule has 0 saturated carbocycles. The summed E-state index contributed by atoms with van der Waals surface area (Å²) in [5.74, 6) is 0.950. The maximum Gasteiger partial charge on any atom is 0.122 e. The van der Waals surface area contributed by atoms with Gasteiger partial charge in [0.15, 0.2) is 0 Å². The van der Waals surface area contributed by atoms with Crippen LogP contribution in [-0.4, -0.2) is 44.6 Å². The van der Waals surface area contributed by atoms with Crippen molar-refractivity contribution in [2.75, 3.05) is 6.61 Å². The second-order valence-corrected chi connectivity index (χ2v) is 13.5. The Labute approximate surface area is 183 Å². The van der Waals surface area contributed by atoms with Gasteiger partial charge in [-0.05, 0) is 37.1 Å². The molecule has 0 bridgehead atoms. The molecule has 0 amide bonds. The highest BCUT2D eigenvalue weighted by atomic mass is 28.3. The summed E-state index contributed by atoms with van der Waals surface area (Å²) in [4.78, 5) is 9.12. The van der Waals surface area contributed by atoms with Crippen molar-refractivity contribution < 1.29 is 4.74 Å². The molecule has 0 unspecified atom stereocenters. The molecular formula is C23H28N6OSi. The molecule has 4 rings (SSSR count). The number of aryl methyl sites for hydroxylation is 2. The van der Waals surface area contributed by atoms with Gasteiger partial charge >= 0.3 is 0 Å². The van der Waals surface area contributed by atoms with E-state index in [9.17, 15) is 0 Å². The van der Waals surface area contributed by atoms with E-state index in [1.54, 1.807) is 0 Å². The van der Waals surface area contributed by atoms with Gasteiger partial charge in [-0.1, -0.05) is 37.8 Å². The zero-order chi connectivity index (χ0) is 21.8. The van der Waals surface area contributed by atoms with Crippen LogP contribution in [0.15, 0.2) is 55.1 Å². The van der Waals surface area contributed by atoms with E-state index < -0.39 is 8.07 Å². The highest BCUT2D eigenvalue weighted by Crippen LogP contribution is 2.23. The SMILES string of the molecule is CCOc1ccccc1CCn1cnc(-c2cc(-c3n[nH]nc3[Si](C)(C)C)ccn2)c1. The number of H-pyrrole nitrogens is 1. The number of hydrogen-bond acceptors (Lipinski definition) is 5. The fourth-order valence-corrected chi connectivity index (χ4v) is 4.84. The Balaban J connectivity index is 1.53. The van der Waals surface area contributed by atoms with Crippen molar-refractivity contribution >= 4 is 13.4 Å². The van der Waals surface area contributed by atoms with E-state index >= 15 is 0 Å². The van der Waals surface area contributed by atoms with Gasteiger partial charge in [0, 0.05) is 24.5 Å². The summed E-state index contributed by atoms with van der Waals surface area (Å²) in [5, 5.41) is 12.7. The van der Waals surface area contributed by atoms with E-state index in [2.05, 4.69) is 55.7 Å². The molecule has 3 aromatic heterocycles. The third kappa shape index (κ3) is 4.74. The lowest BCUT2D eigenvalue weighted by Crippen LogP contribution is -2.40. The molecule has 8 heteroatoms. The number of nitrogens with one attached hydrogen (secondary N) is 1. The van der Waals surface area contributed by atoms with Gasteiger partial charge < -0.3 is 9.30 Å². The minimum absolute atomic E-state index is 0.666. The zero-order valence-corrected chi connectivity index (χ0v) is 19.5. The first-order valence-electron chi connectivity index (χ1n) is 10.6. The van der Waals surface area contributed by atoms with Crippen LogP contribution in [0, 0.1) is 0 Å². The van der Waals surface area contributed by atoms with Crippen molar-refractivity contribution in [3.8, 4) is 28.4 Å². The highest BCUT2D eigenvalue weighted by Gasteiger charge is 2.25. The second kappa shape index (κ2) is 8.85. The van der Waals surface area contributed by atoms with Crippen LogP contribution in [0.2, 0.25) is 19.6 Å². The topological polar surface area (TPSA) is 81.5 Å². The summed E-state index contributed by atoms with van der Waals surface area (Å²) in [7, 11) is -1.61. The summed E-state index contributed by atoms with van der Waals surface area (Å²) in [5.41, 5.74) is 4.80. The molecule has 4 aromatic rings. The maximum atomic E-state index is 5.74. The van der Waals surface area contributed by atoms with Crippen molar-refractivity contribution in [2.24, 2.45) is 0 Å². The zero-order valence-electron chi connectivity index (χ0n) is 18.5. The van der Waals surface area contributed by atoms with Gasteiger partial charge in [0.05, 0.1) is 23.9 Å². The van der Waals surface area contributed by atoms with Gasteiger partial charge in [0.25, 0.3) is 0 Å². The lowest BCUT2D eigenvalue weighted by atomic mass is 10.1. The number of pyridine rings is 1. The fourth-order valence-electron chi connectivity index (χ4n) is 3.54. The first kappa shape index (κ1) is 21.0. The number of imidazole rings is 1. The van der Waals surface area contributed by atoms with Crippen LogP contribution in [-0.2, 0) is 13.0 Å². The van der Waals surface area contributed by atoms with Crippen LogP contribution in [0.4, 0.5) is 0 Å². The molecule has 0 aliphatic rings. The first-order valence-corrected chi connectivity index (χ1v) is 14.1. The van der Waals surface area contributed by atoms with Crippen LogP contribution in [0.5, 0.6) is 5.75 Å². The van der Waals surface area contributed by atoms with Crippen molar-refractivity contribution in [3.05, 3.63) is 60.7 Å². The minimum atomic E-state index is -1.61. The Morgan fingerprint density at radius 2 is 1.87 bits per heavy atom. The second-order valence-electron chi connectivity index (χ2n) is 8.49. The monoisotopic (exact) mass is 432 g/mol. The normalized spacial score (nSPS) is 11.6. The minimum Gasteiger partial charge on any atom is -0.494 e. The maximum absolute atomic E-state index is 5.74. The number of aromatic nitrogens is 6. The average molecular weight is 433 g/mol. The average Bonchev–Trinajstić information content (AvgIpc) is 3.43. The van der Waals surface area contributed by atoms with Gasteiger partial charge in [-0.2, -0.15) is 15.4 Å². The predicted molar refractivity (Wildman–Crippen MR) is 125 cm³/mol. The predicted octanol–water partition coefficient (Wildman–Crippen LogP) is 3.92. The Kier molecular flexibility index (Phi) is 5.99. The largest absolute Gasteiger partial charge is 0.494 e. The lowest BCUT2D eigenvalue weighted by Gasteiger charge is -2.13. The first-order chi connectivity index (χ1) is 15.0. The number of benzene rings is 1. The quantitative estimate of drug-likeness (QED) is 0.427. The molecule has 0 radical (unpaired) electrons. The molecule has 1 N–H and O–H groups in total. The number of aromatic amines is 1. The lowest BCUT2D eigenvalue weighted by molar-refractivity contribution is 0.336.